The maximum absolute atomic E-state index is 9.50. The Labute approximate surface area is 116 Å². The molecule has 9 heteroatoms. The summed E-state index contributed by atoms with van der Waals surface area (Å²) in [6.07, 6.45) is -1.88. The summed E-state index contributed by atoms with van der Waals surface area (Å²) >= 11 is 0. The van der Waals surface area contributed by atoms with Crippen molar-refractivity contribution in [3.63, 3.8) is 0 Å². The maximum Gasteiger partial charge on any atom is 0.0418 e. The first-order chi connectivity index (χ1) is 7.25. The monoisotopic (exact) mass is 440 g/mol. The summed E-state index contributed by atoms with van der Waals surface area (Å²) in [4.78, 5) is 38.0. The predicted molar refractivity (Wildman–Crippen MR) is 44.3 cm³/mol. The third kappa shape index (κ3) is 31.3. The first-order valence-electron chi connectivity index (χ1n) is 4.05. The van der Waals surface area contributed by atoms with Gasteiger partial charge in [-0.2, -0.15) is 0 Å². The largest absolute Gasteiger partial charge is 0.550 e. The van der Waals surface area contributed by atoms with Crippen LogP contribution in [0.25, 0.3) is 0 Å². The number of carboxylic acid groups (broad SMARTS) is 4. The van der Waals surface area contributed by atoms with Crippen LogP contribution in [-0.4, -0.2) is 51.2 Å². The fourth-order valence-electron chi connectivity index (χ4n) is 0.408. The number of aliphatic carboxylic acids is 4. The summed E-state index contributed by atoms with van der Waals surface area (Å²) < 4.78 is 0. The van der Waals surface area contributed by atoms with E-state index in [4.69, 9.17) is 0 Å². The molecule has 0 aromatic heterocycles. The molecule has 0 aliphatic heterocycles. The summed E-state index contributed by atoms with van der Waals surface area (Å²) in [7, 11) is 0. The minimum absolute atomic E-state index is 0. The molecule has 0 saturated heterocycles. The number of hydrogen-bond donors (Lipinski definition) is 0. The minimum Gasteiger partial charge on any atom is -0.550 e. The van der Waals surface area contributed by atoms with Crippen molar-refractivity contribution in [3.05, 3.63) is 0 Å². The molecule has 8 nitrogen and oxygen atoms in total. The SMILES string of the molecule is O=C([O-])CCC(=O)[O-].O=C([O-])CCC(=O)[O-].[Pb]. The van der Waals surface area contributed by atoms with Crippen molar-refractivity contribution in [1.29, 1.82) is 0 Å². The van der Waals surface area contributed by atoms with Crippen LogP contribution in [-0.2, 0) is 19.2 Å². The summed E-state index contributed by atoms with van der Waals surface area (Å²) in [6.45, 7) is 0. The van der Waals surface area contributed by atoms with E-state index in [0.717, 1.165) is 0 Å². The van der Waals surface area contributed by atoms with E-state index in [9.17, 15) is 39.6 Å². The van der Waals surface area contributed by atoms with Crippen LogP contribution >= 0.6 is 0 Å². The molecule has 0 aliphatic carbocycles. The van der Waals surface area contributed by atoms with Crippen LogP contribution in [0.3, 0.4) is 0 Å². The zero-order chi connectivity index (χ0) is 13.1. The van der Waals surface area contributed by atoms with Crippen molar-refractivity contribution in [2.45, 2.75) is 25.7 Å². The van der Waals surface area contributed by atoms with E-state index in [2.05, 4.69) is 0 Å². The summed E-state index contributed by atoms with van der Waals surface area (Å²) in [5.74, 6) is -5.47. The van der Waals surface area contributed by atoms with Crippen LogP contribution in [0.2, 0.25) is 0 Å². The minimum atomic E-state index is -1.37. The number of carboxylic acids is 4. The molecular formula is C8H8O8Pb-4. The third-order valence-corrected chi connectivity index (χ3v) is 1.07. The number of carbonyl (C=O) groups excluding carboxylic acids is 4. The van der Waals surface area contributed by atoms with E-state index >= 15 is 0 Å². The smallest absolute Gasteiger partial charge is 0.0418 e. The molecular weight excluding hydrogens is 431 g/mol. The van der Waals surface area contributed by atoms with Crippen molar-refractivity contribution in [1.82, 2.24) is 0 Å². The molecule has 0 aromatic rings. The van der Waals surface area contributed by atoms with Gasteiger partial charge in [-0.1, -0.05) is 0 Å². The van der Waals surface area contributed by atoms with Crippen molar-refractivity contribution < 1.29 is 39.6 Å². The van der Waals surface area contributed by atoms with E-state index in [1.807, 2.05) is 0 Å². The molecule has 0 N–H and O–H groups in total. The van der Waals surface area contributed by atoms with Crippen molar-refractivity contribution in [2.75, 3.05) is 0 Å². The van der Waals surface area contributed by atoms with Crippen LogP contribution in [0.1, 0.15) is 25.7 Å². The van der Waals surface area contributed by atoms with Gasteiger partial charge in [0.05, 0.1) is 0 Å². The summed E-state index contributed by atoms with van der Waals surface area (Å²) in [5, 5.41) is 38.0. The van der Waals surface area contributed by atoms with Gasteiger partial charge in [0.2, 0.25) is 0 Å². The zero-order valence-corrected chi connectivity index (χ0v) is 12.5. The molecule has 0 heterocycles. The van der Waals surface area contributed by atoms with Gasteiger partial charge in [-0.3, -0.25) is 0 Å². The molecule has 17 heavy (non-hydrogen) atoms. The molecule has 96 valence electrons. The van der Waals surface area contributed by atoms with Crippen LogP contribution in [0.4, 0.5) is 0 Å². The topological polar surface area (TPSA) is 161 Å². The number of rotatable bonds is 6. The Morgan fingerprint density at radius 2 is 0.647 bits per heavy atom. The van der Waals surface area contributed by atoms with E-state index < -0.39 is 49.6 Å². The van der Waals surface area contributed by atoms with E-state index in [1.165, 1.54) is 0 Å². The molecule has 0 unspecified atom stereocenters. The number of carbonyl (C=O) groups is 4. The third-order valence-electron chi connectivity index (χ3n) is 1.07. The van der Waals surface area contributed by atoms with Gasteiger partial charge in [0, 0.05) is 51.2 Å². The molecule has 0 aliphatic rings. The summed E-state index contributed by atoms with van der Waals surface area (Å²) in [6, 6.07) is 0. The standard InChI is InChI=1S/2C4H6O4.Pb/c2*5-3(6)1-2-4(7)8;/h2*1-2H2,(H,5,6)(H,7,8);/p-4. The molecule has 4 radical (unpaired) electrons. The second-order valence-electron chi connectivity index (χ2n) is 2.49. The second kappa shape index (κ2) is 12.9. The van der Waals surface area contributed by atoms with Crippen LogP contribution in [0.5, 0.6) is 0 Å². The van der Waals surface area contributed by atoms with Gasteiger partial charge in [-0.15, -0.1) is 0 Å². The van der Waals surface area contributed by atoms with Gasteiger partial charge in [0.1, 0.15) is 0 Å². The Balaban J connectivity index is -0.000000218. The molecule has 0 aromatic carbocycles. The molecule has 0 saturated carbocycles. The van der Waals surface area contributed by atoms with Crippen molar-refractivity contribution >= 4 is 51.2 Å². The molecule has 0 fully saturated rings. The summed E-state index contributed by atoms with van der Waals surface area (Å²) in [5.41, 5.74) is 0. The second-order valence-corrected chi connectivity index (χ2v) is 2.49. The van der Waals surface area contributed by atoms with Gasteiger partial charge < -0.3 is 39.6 Å². The van der Waals surface area contributed by atoms with E-state index in [1.54, 1.807) is 0 Å². The molecule has 0 atom stereocenters. The van der Waals surface area contributed by atoms with Gasteiger partial charge in [-0.25, -0.2) is 0 Å². The quantitative estimate of drug-likeness (QED) is 0.370. The molecule has 0 bridgehead atoms. The first-order valence-corrected chi connectivity index (χ1v) is 4.05. The fourth-order valence-corrected chi connectivity index (χ4v) is 0.408. The van der Waals surface area contributed by atoms with Gasteiger partial charge in [0.25, 0.3) is 0 Å². The Morgan fingerprint density at radius 3 is 0.706 bits per heavy atom. The van der Waals surface area contributed by atoms with Gasteiger partial charge in [0.15, 0.2) is 0 Å². The van der Waals surface area contributed by atoms with Crippen LogP contribution in [0.15, 0.2) is 0 Å². The predicted octanol–water partition coefficient (Wildman–Crippen LogP) is -5.85. The van der Waals surface area contributed by atoms with Crippen LogP contribution in [0, 0.1) is 0 Å². The van der Waals surface area contributed by atoms with Gasteiger partial charge >= 0.3 is 0 Å². The van der Waals surface area contributed by atoms with Crippen molar-refractivity contribution in [2.24, 2.45) is 0 Å². The average Bonchev–Trinajstić information content (AvgIpc) is 2.12. The molecule has 0 spiro atoms. The Hall–Kier alpha value is -1.20. The number of hydrogen-bond acceptors (Lipinski definition) is 8. The fraction of sp³-hybridized carbons (Fsp3) is 0.500. The Morgan fingerprint density at radius 1 is 0.529 bits per heavy atom. The van der Waals surface area contributed by atoms with Crippen LogP contribution < -0.4 is 20.4 Å². The zero-order valence-electron chi connectivity index (χ0n) is 8.59. The average molecular weight is 439 g/mol. The van der Waals surface area contributed by atoms with E-state index in [-0.39, 0.29) is 27.3 Å². The normalized spacial score (nSPS) is 8.00. The first kappa shape index (κ1) is 21.1. The maximum atomic E-state index is 9.50. The van der Waals surface area contributed by atoms with Crippen molar-refractivity contribution in [3.8, 4) is 0 Å². The molecule has 0 amide bonds. The Kier molecular flexibility index (Phi) is 16.0. The molecule has 0 rings (SSSR count). The van der Waals surface area contributed by atoms with E-state index in [0.29, 0.717) is 0 Å². The van der Waals surface area contributed by atoms with Gasteiger partial charge in [-0.05, 0) is 25.7 Å². The Bertz CT molecular complexity index is 219.